The van der Waals surface area contributed by atoms with E-state index in [0.29, 0.717) is 24.9 Å². The summed E-state index contributed by atoms with van der Waals surface area (Å²) in [4.78, 5) is 1.10. The van der Waals surface area contributed by atoms with Gasteiger partial charge in [0.05, 0.1) is 17.3 Å². The van der Waals surface area contributed by atoms with Gasteiger partial charge in [-0.2, -0.15) is 5.26 Å². The number of hydrazine groups is 1. The van der Waals surface area contributed by atoms with Crippen LogP contribution in [0.2, 0.25) is 5.02 Å². The standard InChI is InChI=1S/C21H12ClF2N3OS2/c22-14-5-12(11-25)6-15(8-14)30-27(28)26-19-9-16(17(23)10-18(19)24)21-7-13-3-1-2-4-20(13)29-21/h1-10,26,28H. The predicted octanol–water partition coefficient (Wildman–Crippen LogP) is 7.10. The van der Waals surface area contributed by atoms with Crippen LogP contribution in [0, 0.1) is 23.0 Å². The summed E-state index contributed by atoms with van der Waals surface area (Å²) in [5.74, 6) is -1.56. The van der Waals surface area contributed by atoms with Gasteiger partial charge in [0.15, 0.2) is 5.82 Å². The maximum atomic E-state index is 14.5. The SMILES string of the molecule is N#Cc1cc(Cl)cc(SN(O)Nc2cc(-c3cc4ccccc4s3)c(F)cc2F)c1. The molecule has 4 nitrogen and oxygen atoms in total. The van der Waals surface area contributed by atoms with E-state index in [1.807, 2.05) is 36.4 Å². The quantitative estimate of drug-likeness (QED) is 0.246. The van der Waals surface area contributed by atoms with E-state index < -0.39 is 11.6 Å². The summed E-state index contributed by atoms with van der Waals surface area (Å²) in [7, 11) is 0. The maximum absolute atomic E-state index is 14.5. The van der Waals surface area contributed by atoms with E-state index in [1.165, 1.54) is 29.5 Å². The molecule has 4 rings (SSSR count). The minimum Gasteiger partial charge on any atom is -0.285 e. The minimum absolute atomic E-state index is 0.110. The second-order valence-corrected chi connectivity index (χ2v) is 8.74. The van der Waals surface area contributed by atoms with Crippen LogP contribution in [-0.4, -0.2) is 9.78 Å². The fourth-order valence-corrected chi connectivity index (χ4v) is 4.93. The lowest BCUT2D eigenvalue weighted by Crippen LogP contribution is -2.19. The first-order valence-electron chi connectivity index (χ1n) is 8.55. The van der Waals surface area contributed by atoms with Gasteiger partial charge >= 0.3 is 0 Å². The molecule has 2 N–H and O–H groups in total. The van der Waals surface area contributed by atoms with E-state index in [4.69, 9.17) is 16.9 Å². The Morgan fingerprint density at radius 2 is 1.87 bits per heavy atom. The van der Waals surface area contributed by atoms with Crippen LogP contribution in [0.5, 0.6) is 0 Å². The molecule has 4 aromatic rings. The van der Waals surface area contributed by atoms with Gasteiger partial charge in [0.2, 0.25) is 0 Å². The molecule has 0 amide bonds. The molecule has 0 aliphatic heterocycles. The number of thiophene rings is 1. The van der Waals surface area contributed by atoms with Gasteiger partial charge in [-0.25, -0.2) is 8.78 Å². The van der Waals surface area contributed by atoms with Crippen LogP contribution >= 0.6 is 34.9 Å². The van der Waals surface area contributed by atoms with Crippen molar-refractivity contribution in [2.45, 2.75) is 4.90 Å². The van der Waals surface area contributed by atoms with Crippen molar-refractivity contribution in [2.24, 2.45) is 0 Å². The fourth-order valence-electron chi connectivity index (χ4n) is 2.84. The molecule has 9 heteroatoms. The van der Waals surface area contributed by atoms with Crippen molar-refractivity contribution >= 4 is 50.7 Å². The number of anilines is 1. The zero-order chi connectivity index (χ0) is 21.3. The van der Waals surface area contributed by atoms with Gasteiger partial charge < -0.3 is 0 Å². The monoisotopic (exact) mass is 459 g/mol. The molecule has 1 aromatic heterocycles. The molecule has 0 aliphatic carbocycles. The van der Waals surface area contributed by atoms with E-state index in [-0.39, 0.29) is 11.3 Å². The Balaban J connectivity index is 1.61. The molecule has 0 unspecified atom stereocenters. The molecule has 0 atom stereocenters. The van der Waals surface area contributed by atoms with E-state index in [0.717, 1.165) is 28.1 Å². The Labute approximate surface area is 184 Å². The Morgan fingerprint density at radius 3 is 2.63 bits per heavy atom. The van der Waals surface area contributed by atoms with Gasteiger partial charge in [-0.15, -0.1) is 11.3 Å². The highest BCUT2D eigenvalue weighted by molar-refractivity contribution is 7.97. The minimum atomic E-state index is -0.860. The molecule has 0 bridgehead atoms. The Hall–Kier alpha value is -2.67. The van der Waals surface area contributed by atoms with Gasteiger partial charge in [-0.1, -0.05) is 29.8 Å². The van der Waals surface area contributed by atoms with Crippen LogP contribution in [0.4, 0.5) is 14.5 Å². The first-order chi connectivity index (χ1) is 14.4. The summed E-state index contributed by atoms with van der Waals surface area (Å²) in [6.45, 7) is 0. The number of rotatable bonds is 5. The van der Waals surface area contributed by atoms with Crippen molar-refractivity contribution in [1.29, 1.82) is 5.26 Å². The molecule has 0 radical (unpaired) electrons. The summed E-state index contributed by atoms with van der Waals surface area (Å²) in [6, 6.07) is 18.0. The van der Waals surface area contributed by atoms with Gasteiger partial charge in [-0.3, -0.25) is 10.6 Å². The maximum Gasteiger partial charge on any atom is 0.150 e. The lowest BCUT2D eigenvalue weighted by Gasteiger charge is -2.17. The highest BCUT2D eigenvalue weighted by Gasteiger charge is 2.16. The van der Waals surface area contributed by atoms with Crippen molar-refractivity contribution in [3.63, 3.8) is 0 Å². The summed E-state index contributed by atoms with van der Waals surface area (Å²) in [6.07, 6.45) is 0. The molecular formula is C21H12ClF2N3OS2. The van der Waals surface area contributed by atoms with Crippen molar-refractivity contribution in [2.75, 3.05) is 5.43 Å². The normalized spacial score (nSPS) is 11.1. The molecule has 30 heavy (non-hydrogen) atoms. The zero-order valence-electron chi connectivity index (χ0n) is 15.1. The van der Waals surface area contributed by atoms with E-state index in [9.17, 15) is 14.0 Å². The summed E-state index contributed by atoms with van der Waals surface area (Å²) in [5.41, 5.74) is 2.90. The second-order valence-electron chi connectivity index (χ2n) is 6.22. The number of hydrogen-bond donors (Lipinski definition) is 2. The molecule has 3 aromatic carbocycles. The number of hydrogen-bond acceptors (Lipinski definition) is 6. The third-order valence-electron chi connectivity index (χ3n) is 4.16. The molecule has 0 saturated carbocycles. The predicted molar refractivity (Wildman–Crippen MR) is 116 cm³/mol. The van der Waals surface area contributed by atoms with E-state index >= 15 is 0 Å². The van der Waals surface area contributed by atoms with Crippen molar-refractivity contribution in [3.8, 4) is 16.5 Å². The second kappa shape index (κ2) is 8.60. The lowest BCUT2D eigenvalue weighted by atomic mass is 10.1. The molecule has 0 aliphatic rings. The number of fused-ring (bicyclic) bond motifs is 1. The smallest absolute Gasteiger partial charge is 0.150 e. The van der Waals surface area contributed by atoms with Gasteiger partial charge in [-0.05, 0) is 46.4 Å². The number of nitriles is 1. The topological polar surface area (TPSA) is 59.3 Å². The van der Waals surface area contributed by atoms with Crippen LogP contribution in [0.25, 0.3) is 20.5 Å². The molecular weight excluding hydrogens is 448 g/mol. The highest BCUT2D eigenvalue weighted by atomic mass is 35.5. The Bertz CT molecular complexity index is 1260. The summed E-state index contributed by atoms with van der Waals surface area (Å²) >= 11 is 8.13. The van der Waals surface area contributed by atoms with Crippen LogP contribution < -0.4 is 5.43 Å². The average molecular weight is 460 g/mol. The Kier molecular flexibility index (Phi) is 5.90. The van der Waals surface area contributed by atoms with Crippen LogP contribution in [0.15, 0.2) is 65.6 Å². The van der Waals surface area contributed by atoms with Gasteiger partial charge in [0.1, 0.15) is 5.82 Å². The molecule has 150 valence electrons. The molecule has 0 fully saturated rings. The van der Waals surface area contributed by atoms with Gasteiger partial charge in [0.25, 0.3) is 0 Å². The van der Waals surface area contributed by atoms with E-state index in [1.54, 1.807) is 6.07 Å². The number of benzene rings is 3. The fraction of sp³-hybridized carbons (Fsp3) is 0. The van der Waals surface area contributed by atoms with Crippen LogP contribution in [0.3, 0.4) is 0 Å². The van der Waals surface area contributed by atoms with Crippen molar-refractivity contribution < 1.29 is 14.0 Å². The number of halogens is 3. The van der Waals surface area contributed by atoms with Crippen molar-refractivity contribution in [3.05, 3.63) is 82.9 Å². The molecule has 0 spiro atoms. The molecule has 1 heterocycles. The highest BCUT2D eigenvalue weighted by Crippen LogP contribution is 2.37. The van der Waals surface area contributed by atoms with Gasteiger partial charge in [0, 0.05) is 43.1 Å². The van der Waals surface area contributed by atoms with E-state index in [2.05, 4.69) is 5.43 Å². The lowest BCUT2D eigenvalue weighted by molar-refractivity contribution is 0.0434. The number of nitrogens with zero attached hydrogens (tertiary/aromatic N) is 2. The summed E-state index contributed by atoms with van der Waals surface area (Å²) < 4.78 is 30.3. The first kappa shape index (κ1) is 20.6. The van der Waals surface area contributed by atoms with Crippen LogP contribution in [0.1, 0.15) is 5.56 Å². The van der Waals surface area contributed by atoms with Crippen molar-refractivity contribution in [1.82, 2.24) is 4.58 Å². The largest absolute Gasteiger partial charge is 0.285 e. The first-order valence-corrected chi connectivity index (χ1v) is 10.5. The Morgan fingerprint density at radius 1 is 1.07 bits per heavy atom. The third-order valence-corrected chi connectivity index (χ3v) is 6.23. The third kappa shape index (κ3) is 4.41. The summed E-state index contributed by atoms with van der Waals surface area (Å²) in [5, 5.41) is 20.5. The average Bonchev–Trinajstić information content (AvgIpc) is 3.13. The zero-order valence-corrected chi connectivity index (χ0v) is 17.5. The number of nitrogens with one attached hydrogen (secondary N) is 1. The molecule has 0 saturated heterocycles. The van der Waals surface area contributed by atoms with Crippen LogP contribution in [-0.2, 0) is 0 Å².